The van der Waals surface area contributed by atoms with Crippen LogP contribution in [-0.2, 0) is 13.0 Å². The van der Waals surface area contributed by atoms with E-state index in [0.29, 0.717) is 35.5 Å². The van der Waals surface area contributed by atoms with Crippen molar-refractivity contribution in [3.63, 3.8) is 0 Å². The molecule has 6 heteroatoms. The lowest BCUT2D eigenvalue weighted by molar-refractivity contribution is 0.316. The molecule has 0 amide bonds. The molecule has 174 valence electrons. The van der Waals surface area contributed by atoms with Crippen LogP contribution in [0, 0.1) is 5.82 Å². The molecule has 3 aromatic rings. The number of likely N-dealkylation sites (N-methyl/N-ethyl adjacent to an activating group) is 1. The lowest BCUT2D eigenvalue weighted by atomic mass is 10.1. The average Bonchev–Trinajstić information content (AvgIpc) is 3.22. The molecule has 0 bridgehead atoms. The van der Waals surface area contributed by atoms with Crippen molar-refractivity contribution in [1.29, 1.82) is 0 Å². The predicted octanol–water partition coefficient (Wildman–Crippen LogP) is 5.19. The van der Waals surface area contributed by atoms with Crippen molar-refractivity contribution < 1.29 is 4.39 Å². The van der Waals surface area contributed by atoms with Gasteiger partial charge in [-0.3, -0.25) is 9.36 Å². The summed E-state index contributed by atoms with van der Waals surface area (Å²) in [7, 11) is 0. The lowest BCUT2D eigenvalue weighted by Gasteiger charge is -2.18. The molecule has 0 fully saturated rings. The number of hydrogen-bond acceptors (Lipinski definition) is 4. The van der Waals surface area contributed by atoms with Gasteiger partial charge in [-0.05, 0) is 60.8 Å². The van der Waals surface area contributed by atoms with Gasteiger partial charge in [-0.15, -0.1) is 0 Å². The van der Waals surface area contributed by atoms with E-state index in [1.165, 1.54) is 11.6 Å². The van der Waals surface area contributed by atoms with Gasteiger partial charge in [0, 0.05) is 19.6 Å². The highest BCUT2D eigenvalue weighted by atomic mass is 19.1. The van der Waals surface area contributed by atoms with Crippen LogP contribution in [0.15, 0.2) is 41.2 Å². The summed E-state index contributed by atoms with van der Waals surface area (Å²) in [5.74, 6) is 0.272. The van der Waals surface area contributed by atoms with Crippen molar-refractivity contribution in [1.82, 2.24) is 14.5 Å². The molecule has 0 spiro atoms. The Morgan fingerprint density at radius 2 is 1.91 bits per heavy atom. The Labute approximate surface area is 195 Å². The minimum atomic E-state index is -0.414. The van der Waals surface area contributed by atoms with Crippen LogP contribution < -0.4 is 10.9 Å². The molecule has 1 aromatic heterocycles. The second-order valence-corrected chi connectivity index (χ2v) is 8.61. The topological polar surface area (TPSA) is 50.2 Å². The minimum Gasteiger partial charge on any atom is -0.381 e. The maximum Gasteiger partial charge on any atom is 0.261 e. The highest BCUT2D eigenvalue weighted by Gasteiger charge is 2.22. The first-order valence-corrected chi connectivity index (χ1v) is 12.0. The monoisotopic (exact) mass is 448 g/mol. The summed E-state index contributed by atoms with van der Waals surface area (Å²) in [6.07, 6.45) is 5.05. The van der Waals surface area contributed by atoms with Crippen LogP contribution in [0.25, 0.3) is 22.6 Å². The van der Waals surface area contributed by atoms with Crippen molar-refractivity contribution in [3.8, 4) is 0 Å². The molecule has 1 N–H and O–H groups in total. The maximum absolute atomic E-state index is 14.7. The number of anilines is 1. The molecule has 0 aliphatic carbocycles. The van der Waals surface area contributed by atoms with Crippen LogP contribution in [0.4, 0.5) is 10.1 Å². The fourth-order valence-corrected chi connectivity index (χ4v) is 4.47. The second kappa shape index (κ2) is 10.3. The number of benzene rings is 2. The van der Waals surface area contributed by atoms with Crippen LogP contribution in [0.3, 0.4) is 0 Å². The molecule has 0 saturated carbocycles. The number of nitrogens with zero attached hydrogens (tertiary/aromatic N) is 3. The first-order chi connectivity index (χ1) is 16.0. The summed E-state index contributed by atoms with van der Waals surface area (Å²) >= 11 is 0. The number of fused-ring (bicyclic) bond motifs is 2. The fourth-order valence-electron chi connectivity index (χ4n) is 4.47. The molecule has 0 unspecified atom stereocenters. The Balaban J connectivity index is 1.64. The molecule has 1 aliphatic heterocycles. The van der Waals surface area contributed by atoms with E-state index < -0.39 is 5.82 Å². The van der Waals surface area contributed by atoms with Crippen LogP contribution in [0.5, 0.6) is 0 Å². The molecule has 0 radical (unpaired) electrons. The molecule has 0 atom stereocenters. The van der Waals surface area contributed by atoms with Crippen LogP contribution >= 0.6 is 0 Å². The van der Waals surface area contributed by atoms with E-state index in [0.717, 1.165) is 50.0 Å². The Bertz CT molecular complexity index is 1210. The van der Waals surface area contributed by atoms with Gasteiger partial charge in [0.1, 0.15) is 11.6 Å². The number of allylic oxidation sites excluding steroid dienone is 1. The van der Waals surface area contributed by atoms with Crippen LogP contribution in [0.1, 0.15) is 50.6 Å². The average molecular weight is 449 g/mol. The minimum absolute atomic E-state index is 0.176. The summed E-state index contributed by atoms with van der Waals surface area (Å²) in [6.45, 7) is 10.4. The largest absolute Gasteiger partial charge is 0.381 e. The van der Waals surface area contributed by atoms with Crippen molar-refractivity contribution in [2.45, 2.75) is 46.6 Å². The number of hydrogen-bond donors (Lipinski definition) is 1. The third kappa shape index (κ3) is 5.01. The van der Waals surface area contributed by atoms with Gasteiger partial charge in [0.15, 0.2) is 0 Å². The molecule has 2 aromatic carbocycles. The summed E-state index contributed by atoms with van der Waals surface area (Å²) in [6, 6.07) is 11.5. The van der Waals surface area contributed by atoms with E-state index in [2.05, 4.69) is 61.3 Å². The number of aromatic nitrogens is 2. The number of aryl methyl sites for hydroxylation is 1. The van der Waals surface area contributed by atoms with Crippen molar-refractivity contribution in [2.75, 3.05) is 31.5 Å². The van der Waals surface area contributed by atoms with Gasteiger partial charge >= 0.3 is 0 Å². The summed E-state index contributed by atoms with van der Waals surface area (Å²) in [5, 5.41) is 3.51. The SMILES string of the molecule is CCCc1ccc(/C=C2\CCn3c2nc2cc(NCCN(CC)CC)c(F)cc2c3=O)cc1. The van der Waals surface area contributed by atoms with Gasteiger partial charge in [0.25, 0.3) is 5.56 Å². The highest BCUT2D eigenvalue weighted by molar-refractivity contribution is 5.86. The molecular weight excluding hydrogens is 415 g/mol. The normalized spacial score (nSPS) is 14.4. The molecule has 5 nitrogen and oxygen atoms in total. The summed E-state index contributed by atoms with van der Waals surface area (Å²) in [5.41, 5.74) is 4.22. The quantitative estimate of drug-likeness (QED) is 0.490. The zero-order valence-electron chi connectivity index (χ0n) is 19.8. The van der Waals surface area contributed by atoms with E-state index in [4.69, 9.17) is 4.98 Å². The summed E-state index contributed by atoms with van der Waals surface area (Å²) < 4.78 is 16.4. The van der Waals surface area contributed by atoms with Gasteiger partial charge in [-0.2, -0.15) is 0 Å². The van der Waals surface area contributed by atoms with Crippen molar-refractivity contribution in [2.24, 2.45) is 0 Å². The van der Waals surface area contributed by atoms with E-state index in [9.17, 15) is 9.18 Å². The predicted molar refractivity (Wildman–Crippen MR) is 135 cm³/mol. The molecule has 4 rings (SSSR count). The van der Waals surface area contributed by atoms with Gasteiger partial charge in [0.05, 0.1) is 16.6 Å². The standard InChI is InChI=1S/C27H33FN4O/c1-4-7-19-8-10-20(11-9-19)16-21-12-14-32-26(21)30-24-18-25(23(28)17-22(24)27(32)33)29-13-15-31(5-2)6-3/h8-11,16-18,29H,4-7,12-15H2,1-3H3/b21-16+. The van der Waals surface area contributed by atoms with Gasteiger partial charge in [0.2, 0.25) is 0 Å². The van der Waals surface area contributed by atoms with Gasteiger partial charge < -0.3 is 10.2 Å². The number of nitrogens with one attached hydrogen (secondary N) is 1. The first kappa shape index (κ1) is 23.2. The molecule has 33 heavy (non-hydrogen) atoms. The lowest BCUT2D eigenvalue weighted by Crippen LogP contribution is -2.28. The number of rotatable bonds is 9. The number of halogens is 1. The molecule has 0 saturated heterocycles. The van der Waals surface area contributed by atoms with Crippen molar-refractivity contribution >= 4 is 28.2 Å². The molecular formula is C27H33FN4O. The van der Waals surface area contributed by atoms with E-state index in [1.54, 1.807) is 10.6 Å². The van der Waals surface area contributed by atoms with Crippen LogP contribution in [0.2, 0.25) is 0 Å². The zero-order chi connectivity index (χ0) is 23.4. The molecule has 2 heterocycles. The Morgan fingerprint density at radius 1 is 1.15 bits per heavy atom. The Hall–Kier alpha value is -2.99. The third-order valence-electron chi connectivity index (χ3n) is 6.43. The fraction of sp³-hybridized carbons (Fsp3) is 0.407. The van der Waals surface area contributed by atoms with E-state index in [1.807, 2.05) is 0 Å². The first-order valence-electron chi connectivity index (χ1n) is 12.0. The van der Waals surface area contributed by atoms with Crippen LogP contribution in [-0.4, -0.2) is 40.6 Å². The Morgan fingerprint density at radius 3 is 2.61 bits per heavy atom. The second-order valence-electron chi connectivity index (χ2n) is 8.61. The van der Waals surface area contributed by atoms with Crippen molar-refractivity contribution in [3.05, 3.63) is 69.5 Å². The summed E-state index contributed by atoms with van der Waals surface area (Å²) in [4.78, 5) is 20.2. The van der Waals surface area contributed by atoms with Gasteiger partial charge in [-0.25, -0.2) is 9.37 Å². The zero-order valence-corrected chi connectivity index (χ0v) is 19.8. The van der Waals surface area contributed by atoms with E-state index in [-0.39, 0.29) is 5.56 Å². The molecule has 1 aliphatic rings. The maximum atomic E-state index is 14.7. The van der Waals surface area contributed by atoms with Gasteiger partial charge in [-0.1, -0.05) is 51.5 Å². The van der Waals surface area contributed by atoms with E-state index >= 15 is 0 Å². The smallest absolute Gasteiger partial charge is 0.261 e. The third-order valence-corrected chi connectivity index (χ3v) is 6.43. The Kier molecular flexibility index (Phi) is 7.23. The highest BCUT2D eigenvalue weighted by Crippen LogP contribution is 2.29.